The molecule has 154 valence electrons. The number of amides is 1. The molecule has 0 atom stereocenters. The first-order valence-corrected chi connectivity index (χ1v) is 9.24. The summed E-state index contributed by atoms with van der Waals surface area (Å²) in [5.41, 5.74) is 3.94. The summed E-state index contributed by atoms with van der Waals surface area (Å²) < 4.78 is 11.2. The minimum Gasteiger partial charge on any atom is -0.508 e. The van der Waals surface area contributed by atoms with Gasteiger partial charge < -0.3 is 19.7 Å². The minimum atomic E-state index is -0.612. The number of carbonyl (C=O) groups excluding carboxylic acids is 1. The van der Waals surface area contributed by atoms with Crippen molar-refractivity contribution < 1.29 is 24.5 Å². The normalized spacial score (nSPS) is 10.7. The van der Waals surface area contributed by atoms with E-state index in [-0.39, 0.29) is 17.1 Å². The summed E-state index contributed by atoms with van der Waals surface area (Å²) in [5.74, 6) is -0.0266. The maximum atomic E-state index is 12.1. The molecule has 0 bridgehead atoms. The predicted octanol–water partition coefficient (Wildman–Crippen LogP) is 4.10. The molecule has 3 N–H and O–H groups in total. The van der Waals surface area contributed by atoms with E-state index in [2.05, 4.69) is 10.5 Å². The van der Waals surface area contributed by atoms with Gasteiger partial charge in [-0.15, -0.1) is 0 Å². The van der Waals surface area contributed by atoms with Crippen molar-refractivity contribution in [1.82, 2.24) is 5.43 Å². The second-order valence-corrected chi connectivity index (χ2v) is 6.66. The lowest BCUT2D eigenvalue weighted by atomic mass is 10.2. The van der Waals surface area contributed by atoms with E-state index < -0.39 is 5.91 Å². The Morgan fingerprint density at radius 2 is 1.83 bits per heavy atom. The van der Waals surface area contributed by atoms with Crippen LogP contribution in [-0.4, -0.2) is 29.4 Å². The Hall–Kier alpha value is -3.71. The first kappa shape index (κ1) is 21.0. The highest BCUT2D eigenvalue weighted by molar-refractivity contribution is 6.30. The number of nitrogens with zero attached hydrogens (tertiary/aromatic N) is 1. The molecule has 0 unspecified atom stereocenters. The lowest BCUT2D eigenvalue weighted by Crippen LogP contribution is -2.17. The number of phenols is 2. The largest absolute Gasteiger partial charge is 0.508 e. The van der Waals surface area contributed by atoms with Gasteiger partial charge in [0.1, 0.15) is 18.1 Å². The number of ether oxygens (including phenoxy) is 2. The smallest absolute Gasteiger partial charge is 0.275 e. The molecule has 0 fully saturated rings. The summed E-state index contributed by atoms with van der Waals surface area (Å²) in [6.07, 6.45) is 1.43. The van der Waals surface area contributed by atoms with Crippen molar-refractivity contribution >= 4 is 23.7 Å². The highest BCUT2D eigenvalue weighted by atomic mass is 35.5. The molecule has 3 aromatic rings. The van der Waals surface area contributed by atoms with Crippen LogP contribution in [0.5, 0.6) is 23.0 Å². The third-order valence-electron chi connectivity index (χ3n) is 4.10. The summed E-state index contributed by atoms with van der Waals surface area (Å²) in [5, 5.41) is 23.5. The molecule has 3 rings (SSSR count). The van der Waals surface area contributed by atoms with Gasteiger partial charge in [0.05, 0.1) is 18.9 Å². The van der Waals surface area contributed by atoms with Gasteiger partial charge in [0.25, 0.3) is 5.91 Å². The van der Waals surface area contributed by atoms with Crippen molar-refractivity contribution in [2.24, 2.45) is 5.10 Å². The first-order valence-electron chi connectivity index (χ1n) is 8.87. The standard InChI is InChI=1S/C22H19ClN2O5/c1-29-21-10-15(4-9-20(21)30-13-14-2-5-16(23)6-3-14)12-24-25-22(28)18-8-7-17(26)11-19(18)27/h2-12,26-27H,13H2,1H3,(H,25,28)/b24-12-. The number of carbonyl (C=O) groups is 1. The fourth-order valence-electron chi connectivity index (χ4n) is 2.56. The Kier molecular flexibility index (Phi) is 6.77. The molecule has 0 aliphatic carbocycles. The van der Waals surface area contributed by atoms with E-state index in [1.165, 1.54) is 25.5 Å². The SMILES string of the molecule is COc1cc(/C=N\NC(=O)c2ccc(O)cc2O)ccc1OCc1ccc(Cl)cc1. The zero-order valence-corrected chi connectivity index (χ0v) is 16.8. The van der Waals surface area contributed by atoms with E-state index in [9.17, 15) is 15.0 Å². The van der Waals surface area contributed by atoms with Crippen LogP contribution >= 0.6 is 11.6 Å². The number of hydrogen-bond donors (Lipinski definition) is 3. The zero-order chi connectivity index (χ0) is 21.5. The number of aromatic hydroxyl groups is 2. The summed E-state index contributed by atoms with van der Waals surface area (Å²) >= 11 is 5.88. The summed E-state index contributed by atoms with van der Waals surface area (Å²) in [6, 6.07) is 16.2. The Labute approximate surface area is 178 Å². The maximum absolute atomic E-state index is 12.1. The van der Waals surface area contributed by atoms with E-state index in [0.717, 1.165) is 11.6 Å². The quantitative estimate of drug-likeness (QED) is 0.390. The van der Waals surface area contributed by atoms with Gasteiger partial charge in [-0.1, -0.05) is 23.7 Å². The third kappa shape index (κ3) is 5.42. The highest BCUT2D eigenvalue weighted by Crippen LogP contribution is 2.28. The van der Waals surface area contributed by atoms with E-state index in [1.807, 2.05) is 12.1 Å². The first-order chi connectivity index (χ1) is 14.5. The fourth-order valence-corrected chi connectivity index (χ4v) is 2.69. The van der Waals surface area contributed by atoms with E-state index in [1.54, 1.807) is 30.3 Å². The molecular weight excluding hydrogens is 408 g/mol. The maximum Gasteiger partial charge on any atom is 0.275 e. The van der Waals surface area contributed by atoms with Crippen LogP contribution in [-0.2, 0) is 6.61 Å². The minimum absolute atomic E-state index is 0.00604. The van der Waals surface area contributed by atoms with Gasteiger partial charge in [0, 0.05) is 11.1 Å². The molecule has 0 aromatic heterocycles. The number of hydrazone groups is 1. The van der Waals surface area contributed by atoms with Crippen LogP contribution in [0.2, 0.25) is 5.02 Å². The summed E-state index contributed by atoms with van der Waals surface area (Å²) in [6.45, 7) is 0.354. The van der Waals surface area contributed by atoms with Crippen molar-refractivity contribution in [3.05, 3.63) is 82.4 Å². The zero-order valence-electron chi connectivity index (χ0n) is 16.0. The Morgan fingerprint density at radius 1 is 1.07 bits per heavy atom. The third-order valence-corrected chi connectivity index (χ3v) is 4.35. The molecule has 8 heteroatoms. The van der Waals surface area contributed by atoms with Gasteiger partial charge in [-0.25, -0.2) is 5.43 Å². The topological polar surface area (TPSA) is 100 Å². The summed E-state index contributed by atoms with van der Waals surface area (Å²) in [7, 11) is 1.53. The number of halogens is 1. The van der Waals surface area contributed by atoms with E-state index in [4.69, 9.17) is 21.1 Å². The van der Waals surface area contributed by atoms with Crippen LogP contribution in [0.1, 0.15) is 21.5 Å². The molecule has 0 spiro atoms. The second kappa shape index (κ2) is 9.67. The van der Waals surface area contributed by atoms with E-state index in [0.29, 0.717) is 28.7 Å². The van der Waals surface area contributed by atoms with Crippen molar-refractivity contribution in [3.8, 4) is 23.0 Å². The molecule has 0 saturated carbocycles. The second-order valence-electron chi connectivity index (χ2n) is 6.23. The molecule has 0 saturated heterocycles. The number of phenolic OH excluding ortho intramolecular Hbond substituents is 2. The Bertz CT molecular complexity index is 1070. The van der Waals surface area contributed by atoms with Gasteiger partial charge >= 0.3 is 0 Å². The van der Waals surface area contributed by atoms with Crippen LogP contribution in [0.25, 0.3) is 0 Å². The van der Waals surface area contributed by atoms with Crippen molar-refractivity contribution in [1.29, 1.82) is 0 Å². The number of nitrogens with one attached hydrogen (secondary N) is 1. The van der Waals surface area contributed by atoms with Crippen molar-refractivity contribution in [2.75, 3.05) is 7.11 Å². The van der Waals surface area contributed by atoms with Crippen molar-refractivity contribution in [3.63, 3.8) is 0 Å². The van der Waals surface area contributed by atoms with Gasteiger partial charge in [0.15, 0.2) is 11.5 Å². The van der Waals surface area contributed by atoms with Gasteiger partial charge in [-0.05, 0) is 53.6 Å². The van der Waals surface area contributed by atoms with Crippen molar-refractivity contribution in [2.45, 2.75) is 6.61 Å². The predicted molar refractivity (Wildman–Crippen MR) is 114 cm³/mol. The average Bonchev–Trinajstić information content (AvgIpc) is 2.73. The Morgan fingerprint density at radius 3 is 2.53 bits per heavy atom. The van der Waals surface area contributed by atoms with E-state index >= 15 is 0 Å². The molecule has 0 aliphatic rings. The fraction of sp³-hybridized carbons (Fsp3) is 0.0909. The highest BCUT2D eigenvalue weighted by Gasteiger charge is 2.11. The molecule has 30 heavy (non-hydrogen) atoms. The lowest BCUT2D eigenvalue weighted by molar-refractivity contribution is 0.0952. The van der Waals surface area contributed by atoms with Gasteiger partial charge in [-0.2, -0.15) is 5.10 Å². The molecule has 0 aliphatic heterocycles. The number of hydrogen-bond acceptors (Lipinski definition) is 6. The molecule has 0 radical (unpaired) electrons. The van der Waals surface area contributed by atoms with Crippen LogP contribution < -0.4 is 14.9 Å². The molecule has 7 nitrogen and oxygen atoms in total. The number of rotatable bonds is 7. The van der Waals surface area contributed by atoms with Crippen LogP contribution in [0.4, 0.5) is 0 Å². The number of methoxy groups -OCH3 is 1. The average molecular weight is 427 g/mol. The lowest BCUT2D eigenvalue weighted by Gasteiger charge is -2.11. The molecule has 1 amide bonds. The van der Waals surface area contributed by atoms with Gasteiger partial charge in [0.2, 0.25) is 0 Å². The van der Waals surface area contributed by atoms with Crippen LogP contribution in [0.3, 0.4) is 0 Å². The monoisotopic (exact) mass is 426 g/mol. The molecule has 3 aromatic carbocycles. The van der Waals surface area contributed by atoms with Crippen LogP contribution in [0.15, 0.2) is 65.8 Å². The molecule has 0 heterocycles. The molecular formula is C22H19ClN2O5. The Balaban J connectivity index is 1.63. The summed E-state index contributed by atoms with van der Waals surface area (Å²) in [4.78, 5) is 12.1. The number of benzene rings is 3. The van der Waals surface area contributed by atoms with Gasteiger partial charge in [-0.3, -0.25) is 4.79 Å². The van der Waals surface area contributed by atoms with Crippen LogP contribution in [0, 0.1) is 0 Å².